The van der Waals surface area contributed by atoms with Crippen LogP contribution in [-0.4, -0.2) is 20.1 Å². The zero-order valence-electron chi connectivity index (χ0n) is 17.3. The van der Waals surface area contributed by atoms with Gasteiger partial charge in [0.1, 0.15) is 0 Å². The maximum absolute atomic E-state index is 12.6. The van der Waals surface area contributed by atoms with Crippen LogP contribution in [-0.2, 0) is 4.79 Å². The third-order valence-corrected chi connectivity index (χ3v) is 5.09. The number of rotatable bonds is 7. The number of carbonyl (C=O) groups excluding carboxylic acids is 1. The van der Waals surface area contributed by atoms with E-state index in [9.17, 15) is 4.79 Å². The molecule has 0 radical (unpaired) electrons. The first kappa shape index (κ1) is 22.0. The maximum Gasteiger partial charge on any atom is 0.248 e. The largest absolute Gasteiger partial charge is 0.493 e. The summed E-state index contributed by atoms with van der Waals surface area (Å²) < 4.78 is 11.4. The maximum atomic E-state index is 12.6. The number of para-hydroxylation sites is 1. The van der Waals surface area contributed by atoms with Crippen LogP contribution in [0.4, 0.5) is 5.69 Å². The van der Waals surface area contributed by atoms with Crippen LogP contribution in [0.5, 0.6) is 11.5 Å². The Morgan fingerprint density at radius 1 is 1.04 bits per heavy atom. The van der Waals surface area contributed by atoms with E-state index in [2.05, 4.69) is 67.1 Å². The Balaban J connectivity index is 2.29. The molecule has 0 aliphatic carbocycles. The average Bonchev–Trinajstić information content (AvgIpc) is 2.65. The lowest BCUT2D eigenvalue weighted by atomic mass is 9.92. The van der Waals surface area contributed by atoms with Gasteiger partial charge < -0.3 is 14.8 Å². The van der Waals surface area contributed by atoms with E-state index in [0.29, 0.717) is 23.3 Å². The minimum absolute atomic E-state index is 0.166. The molecule has 0 fully saturated rings. The number of halogens is 1. The highest BCUT2D eigenvalue weighted by molar-refractivity contribution is 9.10. The molecule has 150 valence electrons. The van der Waals surface area contributed by atoms with Gasteiger partial charge in [0.25, 0.3) is 0 Å². The molecule has 0 heterocycles. The number of hydrogen-bond acceptors (Lipinski definition) is 3. The molecule has 0 aromatic heterocycles. The van der Waals surface area contributed by atoms with Gasteiger partial charge in [-0.25, -0.2) is 0 Å². The molecule has 1 amide bonds. The summed E-state index contributed by atoms with van der Waals surface area (Å²) in [5.74, 6) is 1.70. The minimum atomic E-state index is -0.166. The van der Waals surface area contributed by atoms with Gasteiger partial charge in [-0.05, 0) is 62.7 Å². The van der Waals surface area contributed by atoms with Crippen LogP contribution in [0, 0.1) is 0 Å². The summed E-state index contributed by atoms with van der Waals surface area (Å²) in [7, 11) is 3.17. The highest BCUT2D eigenvalue weighted by atomic mass is 79.9. The topological polar surface area (TPSA) is 47.6 Å². The third-order valence-electron chi connectivity index (χ3n) is 4.50. The van der Waals surface area contributed by atoms with Crippen molar-refractivity contribution >= 4 is 33.6 Å². The van der Waals surface area contributed by atoms with Crippen LogP contribution in [0.2, 0.25) is 0 Å². The number of nitrogens with one attached hydrogen (secondary N) is 1. The summed E-state index contributed by atoms with van der Waals surface area (Å²) in [5, 5.41) is 3.08. The molecule has 0 bridgehead atoms. The molecule has 2 aromatic carbocycles. The first-order chi connectivity index (χ1) is 13.3. The summed E-state index contributed by atoms with van der Waals surface area (Å²) >= 11 is 3.47. The Labute approximate surface area is 176 Å². The van der Waals surface area contributed by atoms with Crippen molar-refractivity contribution in [2.24, 2.45) is 0 Å². The van der Waals surface area contributed by atoms with Crippen molar-refractivity contribution in [1.82, 2.24) is 0 Å². The van der Waals surface area contributed by atoms with Crippen molar-refractivity contribution in [3.8, 4) is 11.5 Å². The molecule has 2 aromatic rings. The van der Waals surface area contributed by atoms with Gasteiger partial charge in [-0.15, -0.1) is 0 Å². The fraction of sp³-hybridized carbons (Fsp3) is 0.348. The Bertz CT molecular complexity index is 846. The smallest absolute Gasteiger partial charge is 0.248 e. The first-order valence-electron chi connectivity index (χ1n) is 9.31. The standard InChI is InChI=1S/C23H28BrNO3/c1-14(2)17-8-7-9-18(15(3)4)22(17)25-21(26)11-10-16-12-19(24)23(28-6)20(13-16)27-5/h7-15H,1-6H3,(H,25,26)/b11-10+. The molecular weight excluding hydrogens is 418 g/mol. The van der Waals surface area contributed by atoms with Gasteiger partial charge in [-0.2, -0.15) is 0 Å². The highest BCUT2D eigenvalue weighted by Crippen LogP contribution is 2.37. The number of carbonyl (C=O) groups is 1. The Morgan fingerprint density at radius 2 is 1.64 bits per heavy atom. The van der Waals surface area contributed by atoms with Crippen LogP contribution in [0.1, 0.15) is 56.2 Å². The fourth-order valence-electron chi connectivity index (χ4n) is 3.07. The van der Waals surface area contributed by atoms with Crippen LogP contribution >= 0.6 is 15.9 Å². The van der Waals surface area contributed by atoms with Crippen molar-refractivity contribution in [2.45, 2.75) is 39.5 Å². The van der Waals surface area contributed by atoms with E-state index in [-0.39, 0.29) is 5.91 Å². The summed E-state index contributed by atoms with van der Waals surface area (Å²) in [6, 6.07) is 9.90. The summed E-state index contributed by atoms with van der Waals surface area (Å²) in [4.78, 5) is 12.6. The zero-order chi connectivity index (χ0) is 20.8. The normalized spacial score (nSPS) is 11.3. The Hall–Kier alpha value is -2.27. The van der Waals surface area contributed by atoms with Gasteiger partial charge in [0.2, 0.25) is 5.91 Å². The summed E-state index contributed by atoms with van der Waals surface area (Å²) in [6.45, 7) is 8.52. The number of benzene rings is 2. The van der Waals surface area contributed by atoms with E-state index in [0.717, 1.165) is 26.9 Å². The minimum Gasteiger partial charge on any atom is -0.493 e. The van der Waals surface area contributed by atoms with E-state index >= 15 is 0 Å². The van der Waals surface area contributed by atoms with E-state index in [1.807, 2.05) is 12.1 Å². The zero-order valence-corrected chi connectivity index (χ0v) is 18.9. The molecule has 0 atom stereocenters. The molecule has 1 N–H and O–H groups in total. The van der Waals surface area contributed by atoms with Gasteiger partial charge in [0.05, 0.1) is 18.7 Å². The Morgan fingerprint density at radius 3 is 2.14 bits per heavy atom. The molecule has 28 heavy (non-hydrogen) atoms. The number of anilines is 1. The molecule has 0 saturated heterocycles. The van der Waals surface area contributed by atoms with E-state index < -0.39 is 0 Å². The number of ether oxygens (including phenoxy) is 2. The predicted octanol–water partition coefficient (Wildman–Crippen LogP) is 6.37. The lowest BCUT2D eigenvalue weighted by molar-refractivity contribution is -0.111. The molecule has 0 aliphatic heterocycles. The number of hydrogen-bond donors (Lipinski definition) is 1. The van der Waals surface area contributed by atoms with Gasteiger partial charge in [0, 0.05) is 11.8 Å². The van der Waals surface area contributed by atoms with Crippen LogP contribution < -0.4 is 14.8 Å². The van der Waals surface area contributed by atoms with Crippen LogP contribution in [0.25, 0.3) is 6.08 Å². The van der Waals surface area contributed by atoms with Crippen molar-refractivity contribution in [3.05, 3.63) is 57.6 Å². The van der Waals surface area contributed by atoms with E-state index in [1.165, 1.54) is 6.08 Å². The molecule has 4 nitrogen and oxygen atoms in total. The average molecular weight is 446 g/mol. The molecule has 2 rings (SSSR count). The molecule has 0 spiro atoms. The summed E-state index contributed by atoms with van der Waals surface area (Å²) in [5.41, 5.74) is 4.03. The molecular formula is C23H28BrNO3. The fourth-order valence-corrected chi connectivity index (χ4v) is 3.69. The second-order valence-corrected chi connectivity index (χ2v) is 8.04. The SMILES string of the molecule is COc1cc(/C=C/C(=O)Nc2c(C(C)C)cccc2C(C)C)cc(Br)c1OC. The predicted molar refractivity (Wildman–Crippen MR) is 120 cm³/mol. The lowest BCUT2D eigenvalue weighted by Crippen LogP contribution is -2.13. The van der Waals surface area contributed by atoms with Crippen molar-refractivity contribution in [3.63, 3.8) is 0 Å². The highest BCUT2D eigenvalue weighted by Gasteiger charge is 2.15. The van der Waals surface area contributed by atoms with E-state index in [4.69, 9.17) is 9.47 Å². The quantitative estimate of drug-likeness (QED) is 0.503. The van der Waals surface area contributed by atoms with Gasteiger partial charge in [-0.3, -0.25) is 4.79 Å². The first-order valence-corrected chi connectivity index (χ1v) is 10.1. The van der Waals surface area contributed by atoms with E-state index in [1.54, 1.807) is 20.3 Å². The molecule has 5 heteroatoms. The molecule has 0 saturated carbocycles. The lowest BCUT2D eigenvalue weighted by Gasteiger charge is -2.19. The number of amides is 1. The number of methoxy groups -OCH3 is 2. The second kappa shape index (κ2) is 9.78. The van der Waals surface area contributed by atoms with Crippen molar-refractivity contribution in [2.75, 3.05) is 19.5 Å². The van der Waals surface area contributed by atoms with Crippen LogP contribution in [0.15, 0.2) is 40.9 Å². The third kappa shape index (κ3) is 5.16. The monoisotopic (exact) mass is 445 g/mol. The molecule has 0 aliphatic rings. The summed E-state index contributed by atoms with van der Waals surface area (Å²) in [6.07, 6.45) is 3.30. The van der Waals surface area contributed by atoms with Crippen molar-refractivity contribution in [1.29, 1.82) is 0 Å². The van der Waals surface area contributed by atoms with Gasteiger partial charge in [-0.1, -0.05) is 45.9 Å². The van der Waals surface area contributed by atoms with Gasteiger partial charge >= 0.3 is 0 Å². The second-order valence-electron chi connectivity index (χ2n) is 7.18. The van der Waals surface area contributed by atoms with Crippen LogP contribution in [0.3, 0.4) is 0 Å². The molecule has 0 unspecified atom stereocenters. The van der Waals surface area contributed by atoms with Crippen molar-refractivity contribution < 1.29 is 14.3 Å². The van der Waals surface area contributed by atoms with Gasteiger partial charge in [0.15, 0.2) is 11.5 Å². The Kier molecular flexibility index (Phi) is 7.69.